The maximum atomic E-state index is 3.49. The van der Waals surface area contributed by atoms with Gasteiger partial charge in [0, 0.05) is 18.6 Å². The highest BCUT2D eigenvalue weighted by Crippen LogP contribution is 2.29. The normalized spacial score (nSPS) is 31.2. The van der Waals surface area contributed by atoms with Gasteiger partial charge in [0.15, 0.2) is 0 Å². The summed E-state index contributed by atoms with van der Waals surface area (Å²) in [7, 11) is 0. The van der Waals surface area contributed by atoms with E-state index in [2.05, 4.69) is 31.0 Å². The van der Waals surface area contributed by atoms with E-state index >= 15 is 0 Å². The largest absolute Gasteiger partial charge is 0.317 e. The molecule has 1 saturated heterocycles. The van der Waals surface area contributed by atoms with Crippen LogP contribution < -0.4 is 5.32 Å². The lowest BCUT2D eigenvalue weighted by Gasteiger charge is -2.41. The lowest BCUT2D eigenvalue weighted by molar-refractivity contribution is 0.0785. The molecule has 1 heterocycles. The van der Waals surface area contributed by atoms with Crippen molar-refractivity contribution in [3.63, 3.8) is 0 Å². The molecule has 0 aromatic carbocycles. The minimum Gasteiger partial charge on any atom is -0.317 e. The molecule has 0 bridgehead atoms. The van der Waals surface area contributed by atoms with E-state index in [1.807, 2.05) is 0 Å². The van der Waals surface area contributed by atoms with Gasteiger partial charge in [-0.25, -0.2) is 0 Å². The maximum absolute atomic E-state index is 3.49. The van der Waals surface area contributed by atoms with Crippen molar-refractivity contribution in [2.75, 3.05) is 19.6 Å². The Bertz CT molecular complexity index is 233. The third-order valence-electron chi connectivity index (χ3n) is 4.97. The average Bonchev–Trinajstić information content (AvgIpc) is 2.37. The van der Waals surface area contributed by atoms with Crippen LogP contribution in [0.4, 0.5) is 0 Å². The van der Waals surface area contributed by atoms with Gasteiger partial charge < -0.3 is 5.32 Å². The zero-order valence-corrected chi connectivity index (χ0v) is 12.6. The van der Waals surface area contributed by atoms with Crippen molar-refractivity contribution in [3.05, 3.63) is 0 Å². The molecule has 0 amide bonds. The van der Waals surface area contributed by atoms with Crippen LogP contribution >= 0.6 is 0 Å². The van der Waals surface area contributed by atoms with Crippen molar-refractivity contribution in [3.8, 4) is 0 Å². The lowest BCUT2D eigenvalue weighted by atomic mass is 9.85. The number of hydrogen-bond donors (Lipinski definition) is 1. The SMILES string of the molecule is CC1CCCC(N(CC2CCNCC2)C(C)C)C1. The van der Waals surface area contributed by atoms with E-state index in [4.69, 9.17) is 0 Å². The Morgan fingerprint density at radius 1 is 1.11 bits per heavy atom. The van der Waals surface area contributed by atoms with Crippen molar-refractivity contribution in [2.24, 2.45) is 11.8 Å². The monoisotopic (exact) mass is 252 g/mol. The first-order chi connectivity index (χ1) is 8.66. The molecule has 2 atom stereocenters. The molecule has 2 heteroatoms. The molecule has 1 N–H and O–H groups in total. The van der Waals surface area contributed by atoms with Crippen LogP contribution in [0.3, 0.4) is 0 Å². The molecule has 0 spiro atoms. The highest BCUT2D eigenvalue weighted by molar-refractivity contribution is 4.83. The summed E-state index contributed by atoms with van der Waals surface area (Å²) >= 11 is 0. The molecule has 2 aliphatic rings. The Morgan fingerprint density at radius 2 is 1.83 bits per heavy atom. The molecule has 1 saturated carbocycles. The highest BCUT2D eigenvalue weighted by atomic mass is 15.2. The molecule has 2 rings (SSSR count). The van der Waals surface area contributed by atoms with E-state index in [1.54, 1.807) is 0 Å². The quantitative estimate of drug-likeness (QED) is 0.826. The van der Waals surface area contributed by atoms with E-state index in [1.165, 1.54) is 58.2 Å². The second-order valence-electron chi connectivity index (χ2n) is 6.91. The Kier molecular flexibility index (Phi) is 5.50. The summed E-state index contributed by atoms with van der Waals surface area (Å²) in [6, 6.07) is 1.58. The van der Waals surface area contributed by atoms with Crippen LogP contribution in [0.25, 0.3) is 0 Å². The van der Waals surface area contributed by atoms with E-state index in [0.717, 1.165) is 23.9 Å². The van der Waals surface area contributed by atoms with Crippen LogP contribution in [0.5, 0.6) is 0 Å². The van der Waals surface area contributed by atoms with E-state index in [-0.39, 0.29) is 0 Å². The predicted molar refractivity (Wildman–Crippen MR) is 78.9 cm³/mol. The fraction of sp³-hybridized carbons (Fsp3) is 1.00. The molecule has 0 aromatic rings. The summed E-state index contributed by atoms with van der Waals surface area (Å²) in [5, 5.41) is 3.49. The second kappa shape index (κ2) is 6.91. The van der Waals surface area contributed by atoms with Gasteiger partial charge >= 0.3 is 0 Å². The summed E-state index contributed by atoms with van der Waals surface area (Å²) in [5.74, 6) is 1.88. The fourth-order valence-electron chi connectivity index (χ4n) is 3.85. The first-order valence-electron chi connectivity index (χ1n) is 8.13. The number of piperidine rings is 1. The standard InChI is InChI=1S/C16H32N2/c1-13(2)18(12-15-7-9-17-10-8-15)16-6-4-5-14(3)11-16/h13-17H,4-12H2,1-3H3. The molecular weight excluding hydrogens is 220 g/mol. The molecule has 1 aliphatic carbocycles. The van der Waals surface area contributed by atoms with Crippen molar-refractivity contribution < 1.29 is 0 Å². The second-order valence-corrected chi connectivity index (χ2v) is 6.91. The maximum Gasteiger partial charge on any atom is 0.0101 e. The summed E-state index contributed by atoms with van der Waals surface area (Å²) in [4.78, 5) is 2.83. The van der Waals surface area contributed by atoms with Crippen LogP contribution in [0.1, 0.15) is 59.3 Å². The minimum absolute atomic E-state index is 0.718. The summed E-state index contributed by atoms with van der Waals surface area (Å²) in [5.41, 5.74) is 0. The fourth-order valence-corrected chi connectivity index (χ4v) is 3.85. The number of hydrogen-bond acceptors (Lipinski definition) is 2. The molecule has 0 aromatic heterocycles. The van der Waals surface area contributed by atoms with E-state index < -0.39 is 0 Å². The average molecular weight is 252 g/mol. The van der Waals surface area contributed by atoms with Crippen LogP contribution in [0.15, 0.2) is 0 Å². The molecule has 2 fully saturated rings. The van der Waals surface area contributed by atoms with Gasteiger partial charge in [0.2, 0.25) is 0 Å². The Hall–Kier alpha value is -0.0800. The van der Waals surface area contributed by atoms with Gasteiger partial charge in [-0.1, -0.05) is 19.8 Å². The van der Waals surface area contributed by atoms with Gasteiger partial charge in [-0.05, 0) is 64.5 Å². The molecule has 18 heavy (non-hydrogen) atoms. The van der Waals surface area contributed by atoms with Gasteiger partial charge in [-0.3, -0.25) is 4.90 Å². The third kappa shape index (κ3) is 3.96. The predicted octanol–water partition coefficient (Wildman–Crippen LogP) is 3.28. The van der Waals surface area contributed by atoms with Crippen molar-refractivity contribution >= 4 is 0 Å². The zero-order valence-electron chi connectivity index (χ0n) is 12.6. The third-order valence-corrected chi connectivity index (χ3v) is 4.97. The van der Waals surface area contributed by atoms with Gasteiger partial charge in [0.25, 0.3) is 0 Å². The molecule has 106 valence electrons. The summed E-state index contributed by atoms with van der Waals surface area (Å²) in [6.07, 6.45) is 8.53. The van der Waals surface area contributed by atoms with Crippen molar-refractivity contribution in [1.82, 2.24) is 10.2 Å². The molecule has 0 radical (unpaired) electrons. The topological polar surface area (TPSA) is 15.3 Å². The van der Waals surface area contributed by atoms with Crippen molar-refractivity contribution in [1.29, 1.82) is 0 Å². The van der Waals surface area contributed by atoms with Crippen LogP contribution in [0.2, 0.25) is 0 Å². The summed E-state index contributed by atoms with van der Waals surface area (Å²) in [6.45, 7) is 11.0. The first kappa shape index (κ1) is 14.3. The zero-order chi connectivity index (χ0) is 13.0. The molecule has 1 aliphatic heterocycles. The number of nitrogens with one attached hydrogen (secondary N) is 1. The lowest BCUT2D eigenvalue weighted by Crippen LogP contribution is -2.46. The molecule has 2 nitrogen and oxygen atoms in total. The molecule has 2 unspecified atom stereocenters. The van der Waals surface area contributed by atoms with Gasteiger partial charge in [0.05, 0.1) is 0 Å². The van der Waals surface area contributed by atoms with Crippen molar-refractivity contribution in [2.45, 2.75) is 71.4 Å². The first-order valence-corrected chi connectivity index (χ1v) is 8.13. The Morgan fingerprint density at radius 3 is 2.44 bits per heavy atom. The minimum atomic E-state index is 0.718. The Balaban J connectivity index is 1.89. The number of rotatable bonds is 4. The smallest absolute Gasteiger partial charge is 0.0101 e. The Labute approximate surface area is 114 Å². The summed E-state index contributed by atoms with van der Waals surface area (Å²) < 4.78 is 0. The van der Waals surface area contributed by atoms with E-state index in [0.29, 0.717) is 0 Å². The van der Waals surface area contributed by atoms with Gasteiger partial charge in [-0.15, -0.1) is 0 Å². The van der Waals surface area contributed by atoms with E-state index in [9.17, 15) is 0 Å². The van der Waals surface area contributed by atoms with Gasteiger partial charge in [0.1, 0.15) is 0 Å². The number of nitrogens with zero attached hydrogens (tertiary/aromatic N) is 1. The van der Waals surface area contributed by atoms with Gasteiger partial charge in [-0.2, -0.15) is 0 Å². The highest BCUT2D eigenvalue weighted by Gasteiger charge is 2.28. The van der Waals surface area contributed by atoms with Crippen LogP contribution in [-0.4, -0.2) is 36.6 Å². The molecular formula is C16H32N2. The van der Waals surface area contributed by atoms with Crippen LogP contribution in [-0.2, 0) is 0 Å². The van der Waals surface area contributed by atoms with Crippen LogP contribution in [0, 0.1) is 11.8 Å².